The monoisotopic (exact) mass is 219 g/mol. The molecule has 0 aromatic heterocycles. The molecule has 0 aromatic rings. The molecular weight excluding hydrogens is 210 g/mol. The van der Waals surface area contributed by atoms with E-state index < -0.39 is 4.39 Å². The summed E-state index contributed by atoms with van der Waals surface area (Å²) < 4.78 is -0.544. The SMILES string of the molecule is CCC(=O)[CH]([Pd])C(C)=O. The normalized spacial score (nSPS) is 12.9. The van der Waals surface area contributed by atoms with Gasteiger partial charge in [0.1, 0.15) is 0 Å². The molecule has 2 nitrogen and oxygen atoms in total. The second-order valence-electron chi connectivity index (χ2n) is 1.76. The van der Waals surface area contributed by atoms with Crippen molar-refractivity contribution in [3.05, 3.63) is 0 Å². The molecule has 0 radical (unpaired) electrons. The van der Waals surface area contributed by atoms with Crippen LogP contribution in [0, 0.1) is 0 Å². The topological polar surface area (TPSA) is 34.1 Å². The van der Waals surface area contributed by atoms with E-state index in [1.807, 2.05) is 0 Å². The molecule has 3 heteroatoms. The van der Waals surface area contributed by atoms with E-state index in [1.165, 1.54) is 6.92 Å². The minimum atomic E-state index is -0.544. The summed E-state index contributed by atoms with van der Waals surface area (Å²) in [6.45, 7) is 3.15. The summed E-state index contributed by atoms with van der Waals surface area (Å²) in [7, 11) is 0. The zero-order valence-corrected chi connectivity index (χ0v) is 6.97. The number of carbonyl (C=O) groups is 2. The van der Waals surface area contributed by atoms with Gasteiger partial charge in [0.25, 0.3) is 0 Å². The van der Waals surface area contributed by atoms with E-state index in [4.69, 9.17) is 0 Å². The molecule has 0 rings (SSSR count). The molecule has 0 saturated heterocycles. The predicted molar refractivity (Wildman–Crippen MR) is 29.7 cm³/mol. The van der Waals surface area contributed by atoms with Crippen molar-refractivity contribution in [3.8, 4) is 0 Å². The van der Waals surface area contributed by atoms with Gasteiger partial charge < -0.3 is 0 Å². The Labute approximate surface area is 65.4 Å². The van der Waals surface area contributed by atoms with Gasteiger partial charge in [-0.3, -0.25) is 0 Å². The zero-order valence-electron chi connectivity index (χ0n) is 5.42. The van der Waals surface area contributed by atoms with Crippen LogP contribution in [0.2, 0.25) is 4.39 Å². The molecule has 0 aromatic carbocycles. The third-order valence-corrected chi connectivity index (χ3v) is 2.08. The molecule has 0 bridgehead atoms. The van der Waals surface area contributed by atoms with Gasteiger partial charge in [-0.25, -0.2) is 0 Å². The number of carbonyl (C=O) groups excluding carboxylic acids is 2. The van der Waals surface area contributed by atoms with Crippen LogP contribution in [0.5, 0.6) is 0 Å². The molecule has 9 heavy (non-hydrogen) atoms. The van der Waals surface area contributed by atoms with Crippen LogP contribution in [-0.4, -0.2) is 11.6 Å². The summed E-state index contributed by atoms with van der Waals surface area (Å²) in [5.41, 5.74) is 0. The number of Topliss-reactive ketones (excluding diaryl/α,β-unsaturated/α-hetero) is 2. The second kappa shape index (κ2) is 3.92. The molecule has 0 spiro atoms. The van der Waals surface area contributed by atoms with E-state index in [9.17, 15) is 9.59 Å². The van der Waals surface area contributed by atoms with Crippen molar-refractivity contribution in [2.24, 2.45) is 0 Å². The van der Waals surface area contributed by atoms with Gasteiger partial charge in [0.2, 0.25) is 0 Å². The Balaban J connectivity index is 3.88. The van der Waals surface area contributed by atoms with E-state index in [0.29, 0.717) is 6.42 Å². The first-order valence-electron chi connectivity index (χ1n) is 2.73. The molecule has 0 aliphatic rings. The van der Waals surface area contributed by atoms with Crippen molar-refractivity contribution >= 4 is 11.6 Å². The third kappa shape index (κ3) is 2.88. The first-order valence-corrected chi connectivity index (χ1v) is 3.63. The molecule has 0 aliphatic heterocycles. The fourth-order valence-corrected chi connectivity index (χ4v) is 0.711. The molecule has 0 N–H and O–H groups in total. The molecule has 0 aliphatic carbocycles. The summed E-state index contributed by atoms with van der Waals surface area (Å²) in [6, 6.07) is 0. The number of rotatable bonds is 3. The molecular formula is C6H9O2Pd. The van der Waals surface area contributed by atoms with Crippen LogP contribution in [0.4, 0.5) is 0 Å². The van der Waals surface area contributed by atoms with Gasteiger partial charge >= 0.3 is 65.0 Å². The van der Waals surface area contributed by atoms with Crippen molar-refractivity contribution in [1.29, 1.82) is 0 Å². The second-order valence-corrected chi connectivity index (χ2v) is 2.65. The average molecular weight is 220 g/mol. The van der Waals surface area contributed by atoms with Crippen LogP contribution in [-0.2, 0) is 28.8 Å². The Kier molecular flexibility index (Phi) is 3.92. The van der Waals surface area contributed by atoms with E-state index in [-0.39, 0.29) is 11.6 Å². The molecule has 55 valence electrons. The number of hydrogen-bond donors (Lipinski definition) is 0. The fraction of sp³-hybridized carbons (Fsp3) is 0.667. The van der Waals surface area contributed by atoms with Crippen molar-refractivity contribution in [1.82, 2.24) is 0 Å². The van der Waals surface area contributed by atoms with Crippen LogP contribution in [0.15, 0.2) is 0 Å². The van der Waals surface area contributed by atoms with E-state index in [1.54, 1.807) is 6.92 Å². The third-order valence-electron chi connectivity index (χ3n) is 0.943. The molecule has 0 amide bonds. The Hall–Kier alpha value is 0.00234. The maximum absolute atomic E-state index is 10.7. The zero-order chi connectivity index (χ0) is 7.44. The van der Waals surface area contributed by atoms with Crippen LogP contribution >= 0.6 is 0 Å². The van der Waals surface area contributed by atoms with Gasteiger partial charge in [-0.05, 0) is 0 Å². The summed E-state index contributed by atoms with van der Waals surface area (Å²) in [6.07, 6.45) is 0.422. The first kappa shape index (κ1) is 9.00. The summed E-state index contributed by atoms with van der Waals surface area (Å²) in [4.78, 5) is 21.2. The summed E-state index contributed by atoms with van der Waals surface area (Å²) in [5, 5.41) is 0. The molecule has 1 atom stereocenters. The number of hydrogen-bond acceptors (Lipinski definition) is 2. The molecule has 0 fully saturated rings. The molecule has 0 heterocycles. The summed E-state index contributed by atoms with van der Waals surface area (Å²) >= 11 is 2.70. The van der Waals surface area contributed by atoms with Crippen molar-refractivity contribution in [3.63, 3.8) is 0 Å². The Morgan fingerprint density at radius 2 is 2.00 bits per heavy atom. The van der Waals surface area contributed by atoms with Crippen molar-refractivity contribution in [2.45, 2.75) is 24.7 Å². The van der Waals surface area contributed by atoms with Crippen LogP contribution in [0.3, 0.4) is 0 Å². The predicted octanol–water partition coefficient (Wildman–Crippen LogP) is 0.890. The van der Waals surface area contributed by atoms with Gasteiger partial charge in [-0.15, -0.1) is 0 Å². The Bertz CT molecular complexity index is 131. The van der Waals surface area contributed by atoms with E-state index >= 15 is 0 Å². The Morgan fingerprint density at radius 3 is 2.11 bits per heavy atom. The van der Waals surface area contributed by atoms with Gasteiger partial charge in [-0.1, -0.05) is 0 Å². The fourth-order valence-electron chi connectivity index (χ4n) is 0.393. The van der Waals surface area contributed by atoms with Crippen LogP contribution in [0.1, 0.15) is 20.3 Å². The van der Waals surface area contributed by atoms with E-state index in [0.717, 1.165) is 0 Å². The maximum atomic E-state index is 10.7. The van der Waals surface area contributed by atoms with Crippen molar-refractivity contribution in [2.75, 3.05) is 0 Å². The standard InChI is InChI=1S/C6H9O2.Pd/c1-3-6(8)4-5(2)7;/h4H,3H2,1-2H3;. The number of ketones is 2. The van der Waals surface area contributed by atoms with Gasteiger partial charge in [0.05, 0.1) is 0 Å². The Morgan fingerprint density at radius 1 is 1.56 bits per heavy atom. The first-order chi connectivity index (χ1) is 4.09. The molecule has 1 unspecified atom stereocenters. The minimum absolute atomic E-state index is 0.0366. The average Bonchev–Trinajstić information content (AvgIpc) is 1.84. The van der Waals surface area contributed by atoms with E-state index in [2.05, 4.69) is 19.2 Å². The quantitative estimate of drug-likeness (QED) is 0.522. The van der Waals surface area contributed by atoms with Gasteiger partial charge in [-0.2, -0.15) is 0 Å². The molecule has 0 saturated carbocycles. The van der Waals surface area contributed by atoms with Crippen molar-refractivity contribution < 1.29 is 28.8 Å². The van der Waals surface area contributed by atoms with Crippen LogP contribution < -0.4 is 0 Å². The van der Waals surface area contributed by atoms with Gasteiger partial charge in [0, 0.05) is 0 Å². The van der Waals surface area contributed by atoms with Gasteiger partial charge in [0.15, 0.2) is 0 Å². The summed E-state index contributed by atoms with van der Waals surface area (Å²) in [5.74, 6) is -0.143. The van der Waals surface area contributed by atoms with Crippen LogP contribution in [0.25, 0.3) is 0 Å².